The first kappa shape index (κ1) is 16.1. The molecule has 0 saturated heterocycles. The molecular formula is C19H17FN2O2. The van der Waals surface area contributed by atoms with Crippen molar-refractivity contribution in [2.24, 2.45) is 0 Å². The van der Waals surface area contributed by atoms with Crippen LogP contribution in [-0.2, 0) is 6.54 Å². The third-order valence-electron chi connectivity index (χ3n) is 3.88. The molecule has 3 aromatic rings. The highest BCUT2D eigenvalue weighted by Crippen LogP contribution is 2.31. The Labute approximate surface area is 138 Å². The fourth-order valence-electron chi connectivity index (χ4n) is 2.71. The molecule has 0 amide bonds. The van der Waals surface area contributed by atoms with Crippen LogP contribution < -0.4 is 5.56 Å². The van der Waals surface area contributed by atoms with Gasteiger partial charge in [0.25, 0.3) is 5.56 Å². The van der Waals surface area contributed by atoms with Gasteiger partial charge >= 0.3 is 0 Å². The van der Waals surface area contributed by atoms with Crippen molar-refractivity contribution >= 4 is 0 Å². The fourth-order valence-corrected chi connectivity index (χ4v) is 2.71. The SMILES string of the molecule is Cc1c(-c2ccccc2)c(-c2ccc(F)cc2)nn(CCO)c1=O. The van der Waals surface area contributed by atoms with Crippen molar-refractivity contribution in [1.82, 2.24) is 9.78 Å². The fraction of sp³-hybridized carbons (Fsp3) is 0.158. The van der Waals surface area contributed by atoms with Crippen LogP contribution in [-0.4, -0.2) is 21.5 Å². The van der Waals surface area contributed by atoms with Crippen LogP contribution in [0.4, 0.5) is 4.39 Å². The van der Waals surface area contributed by atoms with Gasteiger partial charge in [0.05, 0.1) is 18.8 Å². The Kier molecular flexibility index (Phi) is 4.53. The summed E-state index contributed by atoms with van der Waals surface area (Å²) in [6.45, 7) is 1.68. The maximum absolute atomic E-state index is 13.3. The van der Waals surface area contributed by atoms with Gasteiger partial charge in [0.15, 0.2) is 0 Å². The number of aliphatic hydroxyl groups is 1. The molecule has 0 aliphatic heterocycles. The van der Waals surface area contributed by atoms with Gasteiger partial charge in [0, 0.05) is 16.7 Å². The van der Waals surface area contributed by atoms with Gasteiger partial charge in [-0.05, 0) is 36.8 Å². The molecule has 0 radical (unpaired) electrons. The van der Waals surface area contributed by atoms with Crippen molar-refractivity contribution in [3.05, 3.63) is 76.3 Å². The molecule has 0 saturated carbocycles. The van der Waals surface area contributed by atoms with E-state index in [-0.39, 0.29) is 24.5 Å². The molecule has 122 valence electrons. The molecule has 0 aliphatic carbocycles. The lowest BCUT2D eigenvalue weighted by Crippen LogP contribution is -2.27. The van der Waals surface area contributed by atoms with Crippen LogP contribution in [0.15, 0.2) is 59.4 Å². The Morgan fingerprint density at radius 2 is 1.71 bits per heavy atom. The molecule has 5 heteroatoms. The van der Waals surface area contributed by atoms with E-state index in [1.165, 1.54) is 16.8 Å². The zero-order chi connectivity index (χ0) is 17.1. The largest absolute Gasteiger partial charge is 0.394 e. The van der Waals surface area contributed by atoms with E-state index in [0.29, 0.717) is 16.8 Å². The van der Waals surface area contributed by atoms with Crippen molar-refractivity contribution in [1.29, 1.82) is 0 Å². The normalized spacial score (nSPS) is 10.8. The standard InChI is InChI=1S/C19H17FN2O2/c1-13-17(14-5-3-2-4-6-14)18(15-7-9-16(20)10-8-15)21-22(11-12-23)19(13)24/h2-10,23H,11-12H2,1H3. The molecule has 0 atom stereocenters. The molecule has 0 aliphatic rings. The average molecular weight is 324 g/mol. The molecule has 2 aromatic carbocycles. The highest BCUT2D eigenvalue weighted by Gasteiger charge is 2.17. The Balaban J connectivity index is 2.32. The summed E-state index contributed by atoms with van der Waals surface area (Å²) in [5, 5.41) is 13.6. The van der Waals surface area contributed by atoms with Gasteiger partial charge in [-0.15, -0.1) is 0 Å². The van der Waals surface area contributed by atoms with Gasteiger partial charge in [-0.1, -0.05) is 30.3 Å². The minimum Gasteiger partial charge on any atom is -0.394 e. The molecule has 1 heterocycles. The lowest BCUT2D eigenvalue weighted by atomic mass is 9.96. The molecule has 0 unspecified atom stereocenters. The number of nitrogens with zero attached hydrogens (tertiary/aromatic N) is 2. The highest BCUT2D eigenvalue weighted by atomic mass is 19.1. The van der Waals surface area contributed by atoms with Crippen molar-refractivity contribution in [3.8, 4) is 22.4 Å². The van der Waals surface area contributed by atoms with E-state index in [1.54, 1.807) is 19.1 Å². The second-order valence-electron chi connectivity index (χ2n) is 5.47. The molecule has 1 aromatic heterocycles. The van der Waals surface area contributed by atoms with Gasteiger partial charge in [-0.2, -0.15) is 5.10 Å². The summed E-state index contributed by atoms with van der Waals surface area (Å²) in [5.74, 6) is -0.333. The molecule has 4 nitrogen and oxygen atoms in total. The summed E-state index contributed by atoms with van der Waals surface area (Å²) in [6.07, 6.45) is 0. The number of halogens is 1. The van der Waals surface area contributed by atoms with Crippen LogP contribution in [0, 0.1) is 12.7 Å². The van der Waals surface area contributed by atoms with Gasteiger partial charge < -0.3 is 5.11 Å². The quantitative estimate of drug-likeness (QED) is 0.802. The molecule has 0 fully saturated rings. The van der Waals surface area contributed by atoms with E-state index in [2.05, 4.69) is 5.10 Å². The number of aromatic nitrogens is 2. The number of hydrogen-bond donors (Lipinski definition) is 1. The maximum Gasteiger partial charge on any atom is 0.270 e. The lowest BCUT2D eigenvalue weighted by molar-refractivity contribution is 0.266. The van der Waals surface area contributed by atoms with Crippen molar-refractivity contribution in [3.63, 3.8) is 0 Å². The predicted octanol–water partition coefficient (Wildman–Crippen LogP) is 3.02. The summed E-state index contributed by atoms with van der Waals surface area (Å²) in [5.41, 5.74) is 3.20. The first-order chi connectivity index (χ1) is 11.6. The van der Waals surface area contributed by atoms with Crippen molar-refractivity contribution in [2.75, 3.05) is 6.61 Å². The number of aliphatic hydroxyl groups excluding tert-OH is 1. The van der Waals surface area contributed by atoms with E-state index in [1.807, 2.05) is 30.3 Å². The predicted molar refractivity (Wildman–Crippen MR) is 91.1 cm³/mol. The van der Waals surface area contributed by atoms with Gasteiger partial charge in [0.1, 0.15) is 5.82 Å². The second kappa shape index (κ2) is 6.76. The zero-order valence-electron chi connectivity index (χ0n) is 13.2. The van der Waals surface area contributed by atoms with Crippen LogP contribution in [0.25, 0.3) is 22.4 Å². The molecular weight excluding hydrogens is 307 g/mol. The van der Waals surface area contributed by atoms with Gasteiger partial charge in [0.2, 0.25) is 0 Å². The van der Waals surface area contributed by atoms with Crippen molar-refractivity contribution < 1.29 is 9.50 Å². The van der Waals surface area contributed by atoms with Crippen LogP contribution in [0.5, 0.6) is 0 Å². The summed E-state index contributed by atoms with van der Waals surface area (Å²) in [7, 11) is 0. The van der Waals surface area contributed by atoms with Crippen molar-refractivity contribution in [2.45, 2.75) is 13.5 Å². The molecule has 24 heavy (non-hydrogen) atoms. The maximum atomic E-state index is 13.3. The van der Waals surface area contributed by atoms with Crippen LogP contribution in [0.3, 0.4) is 0 Å². The van der Waals surface area contributed by atoms with E-state index in [0.717, 1.165) is 11.1 Å². The Hall–Kier alpha value is -2.79. The summed E-state index contributed by atoms with van der Waals surface area (Å²) in [4.78, 5) is 12.5. The number of rotatable bonds is 4. The minimum absolute atomic E-state index is 0.114. The summed E-state index contributed by atoms with van der Waals surface area (Å²) in [6, 6.07) is 15.5. The first-order valence-corrected chi connectivity index (χ1v) is 7.65. The number of benzene rings is 2. The summed E-state index contributed by atoms with van der Waals surface area (Å²) >= 11 is 0. The Morgan fingerprint density at radius 1 is 1.04 bits per heavy atom. The van der Waals surface area contributed by atoms with E-state index in [9.17, 15) is 9.18 Å². The van der Waals surface area contributed by atoms with Crippen LogP contribution in [0.2, 0.25) is 0 Å². The Morgan fingerprint density at radius 3 is 2.33 bits per heavy atom. The Bertz CT molecular complexity index is 903. The number of hydrogen-bond acceptors (Lipinski definition) is 3. The molecule has 1 N–H and O–H groups in total. The monoisotopic (exact) mass is 324 g/mol. The second-order valence-corrected chi connectivity index (χ2v) is 5.47. The highest BCUT2D eigenvalue weighted by molar-refractivity contribution is 5.82. The smallest absolute Gasteiger partial charge is 0.270 e. The third kappa shape index (κ3) is 2.98. The van der Waals surface area contributed by atoms with E-state index >= 15 is 0 Å². The van der Waals surface area contributed by atoms with E-state index in [4.69, 9.17) is 5.11 Å². The molecule has 0 spiro atoms. The van der Waals surface area contributed by atoms with E-state index < -0.39 is 0 Å². The van der Waals surface area contributed by atoms with Crippen LogP contribution >= 0.6 is 0 Å². The van der Waals surface area contributed by atoms with Gasteiger partial charge in [-0.3, -0.25) is 4.79 Å². The van der Waals surface area contributed by atoms with Gasteiger partial charge in [-0.25, -0.2) is 9.07 Å². The molecule has 3 rings (SSSR count). The average Bonchev–Trinajstić information content (AvgIpc) is 2.60. The topological polar surface area (TPSA) is 55.1 Å². The summed E-state index contributed by atoms with van der Waals surface area (Å²) < 4.78 is 14.5. The van der Waals surface area contributed by atoms with Crippen LogP contribution in [0.1, 0.15) is 5.56 Å². The first-order valence-electron chi connectivity index (χ1n) is 7.65. The molecule has 0 bridgehead atoms. The minimum atomic E-state index is -0.333. The lowest BCUT2D eigenvalue weighted by Gasteiger charge is -2.15. The third-order valence-corrected chi connectivity index (χ3v) is 3.88. The zero-order valence-corrected chi connectivity index (χ0v) is 13.2.